The Kier molecular flexibility index (Phi) is 3.20. The maximum Gasteiger partial charge on any atom is 0.497 e. The third kappa shape index (κ3) is 2.18. The molecule has 20 heavy (non-hydrogen) atoms. The van der Waals surface area contributed by atoms with Gasteiger partial charge in [-0.15, -0.1) is 0 Å². The molecule has 5 heteroatoms. The molecule has 3 rings (SSSR count). The van der Waals surface area contributed by atoms with Crippen LogP contribution >= 0.6 is 0 Å². The average molecular weight is 278 g/mol. The minimum absolute atomic E-state index is 0.285. The number of ether oxygens (including phenoxy) is 1. The van der Waals surface area contributed by atoms with Gasteiger partial charge in [-0.1, -0.05) is 12.1 Å². The molecule has 2 saturated heterocycles. The Morgan fingerprint density at radius 1 is 1.10 bits per heavy atom. The summed E-state index contributed by atoms with van der Waals surface area (Å²) in [5.41, 5.74) is 0.648. The van der Waals surface area contributed by atoms with Gasteiger partial charge >= 0.3 is 7.12 Å². The van der Waals surface area contributed by atoms with E-state index in [-0.39, 0.29) is 5.82 Å². The van der Waals surface area contributed by atoms with E-state index in [2.05, 4.69) is 0 Å². The van der Waals surface area contributed by atoms with Gasteiger partial charge in [0.2, 0.25) is 0 Å². The maximum absolute atomic E-state index is 14.1. The Labute approximate surface area is 119 Å². The summed E-state index contributed by atoms with van der Waals surface area (Å²) in [6.45, 7) is 9.27. The van der Waals surface area contributed by atoms with Crippen LogP contribution in [0.5, 0.6) is 0 Å². The fourth-order valence-electron chi connectivity index (χ4n) is 2.39. The summed E-state index contributed by atoms with van der Waals surface area (Å²) in [4.78, 5) is 0. The molecule has 0 unspecified atom stereocenters. The summed E-state index contributed by atoms with van der Waals surface area (Å²) < 4.78 is 31.2. The van der Waals surface area contributed by atoms with Crippen LogP contribution in [0, 0.1) is 5.82 Å². The number of rotatable bonds is 2. The third-order valence-electron chi connectivity index (χ3n) is 4.64. The predicted octanol–water partition coefficient (Wildman–Crippen LogP) is 2.24. The number of hydrogen-bond donors (Lipinski definition) is 0. The van der Waals surface area contributed by atoms with Crippen molar-refractivity contribution in [3.63, 3.8) is 0 Å². The van der Waals surface area contributed by atoms with Crippen molar-refractivity contribution in [2.45, 2.75) is 44.8 Å². The molecule has 2 heterocycles. The molecule has 2 aliphatic rings. The number of halogens is 1. The van der Waals surface area contributed by atoms with Crippen molar-refractivity contribution in [3.05, 3.63) is 29.6 Å². The van der Waals surface area contributed by atoms with Gasteiger partial charge in [0, 0.05) is 11.4 Å². The van der Waals surface area contributed by atoms with E-state index < -0.39 is 18.3 Å². The van der Waals surface area contributed by atoms with Crippen LogP contribution in [0.25, 0.3) is 0 Å². The topological polar surface area (TPSA) is 27.7 Å². The molecule has 0 saturated carbocycles. The van der Waals surface area contributed by atoms with Crippen molar-refractivity contribution >= 4 is 12.6 Å². The number of benzene rings is 1. The maximum atomic E-state index is 14.1. The second kappa shape index (κ2) is 4.55. The highest BCUT2D eigenvalue weighted by Crippen LogP contribution is 2.37. The zero-order chi connectivity index (χ0) is 14.5. The molecule has 2 aliphatic heterocycles. The number of hydrogen-bond acceptors (Lipinski definition) is 3. The molecule has 3 nitrogen and oxygen atoms in total. The summed E-state index contributed by atoms with van der Waals surface area (Å²) in [6, 6.07) is 5.16. The quantitative estimate of drug-likeness (QED) is 0.776. The second-order valence-corrected chi connectivity index (χ2v) is 6.60. The van der Waals surface area contributed by atoms with Crippen molar-refractivity contribution in [1.82, 2.24) is 0 Å². The monoisotopic (exact) mass is 278 g/mol. The summed E-state index contributed by atoms with van der Waals surface area (Å²) in [5.74, 6) is 0.0734. The first-order valence-electron chi connectivity index (χ1n) is 7.03. The second-order valence-electron chi connectivity index (χ2n) is 6.60. The first-order chi connectivity index (χ1) is 9.30. The molecular weight excluding hydrogens is 258 g/mol. The van der Waals surface area contributed by atoms with Crippen molar-refractivity contribution in [2.75, 3.05) is 13.2 Å². The Morgan fingerprint density at radius 3 is 2.20 bits per heavy atom. The Hall–Kier alpha value is -0.905. The molecule has 2 fully saturated rings. The van der Waals surface area contributed by atoms with E-state index in [9.17, 15) is 4.39 Å². The van der Waals surface area contributed by atoms with Crippen molar-refractivity contribution in [3.8, 4) is 0 Å². The molecule has 0 aromatic heterocycles. The zero-order valence-electron chi connectivity index (χ0n) is 12.4. The minimum Gasteiger partial charge on any atom is -0.399 e. The van der Waals surface area contributed by atoms with Crippen LogP contribution in [0.3, 0.4) is 0 Å². The van der Waals surface area contributed by atoms with E-state index in [0.717, 1.165) is 5.56 Å². The molecule has 0 atom stereocenters. The molecule has 1 aromatic rings. The summed E-state index contributed by atoms with van der Waals surface area (Å²) >= 11 is 0. The normalized spacial score (nSPS) is 24.8. The fourth-order valence-corrected chi connectivity index (χ4v) is 2.39. The van der Waals surface area contributed by atoms with E-state index in [1.807, 2.05) is 39.8 Å². The minimum atomic E-state index is -0.652. The van der Waals surface area contributed by atoms with E-state index in [0.29, 0.717) is 24.6 Å². The van der Waals surface area contributed by atoms with Gasteiger partial charge in [0.1, 0.15) is 5.82 Å². The van der Waals surface area contributed by atoms with Crippen LogP contribution in [0.1, 0.15) is 39.2 Å². The first kappa shape index (κ1) is 14.0. The SMILES string of the molecule is CC1(C)OB(c2cc(C3COC3)ccc2F)OC1(C)C. The Morgan fingerprint density at radius 2 is 1.70 bits per heavy atom. The third-order valence-corrected chi connectivity index (χ3v) is 4.64. The van der Waals surface area contributed by atoms with Gasteiger partial charge in [-0.05, 0) is 39.3 Å². The van der Waals surface area contributed by atoms with Crippen LogP contribution in [0.2, 0.25) is 0 Å². The summed E-state index contributed by atoms with van der Waals surface area (Å²) in [5, 5.41) is 0. The van der Waals surface area contributed by atoms with Gasteiger partial charge in [-0.2, -0.15) is 0 Å². The molecule has 1 aromatic carbocycles. The van der Waals surface area contributed by atoms with Crippen LogP contribution in [-0.2, 0) is 14.0 Å². The highest BCUT2D eigenvalue weighted by molar-refractivity contribution is 6.62. The predicted molar refractivity (Wildman–Crippen MR) is 75.7 cm³/mol. The highest BCUT2D eigenvalue weighted by Gasteiger charge is 2.52. The molecule has 0 amide bonds. The molecule has 0 bridgehead atoms. The first-order valence-corrected chi connectivity index (χ1v) is 7.03. The highest BCUT2D eigenvalue weighted by atomic mass is 19.1. The van der Waals surface area contributed by atoms with Crippen molar-refractivity contribution in [1.29, 1.82) is 0 Å². The van der Waals surface area contributed by atoms with E-state index in [1.54, 1.807) is 0 Å². The van der Waals surface area contributed by atoms with Crippen LogP contribution in [-0.4, -0.2) is 31.5 Å². The van der Waals surface area contributed by atoms with Crippen LogP contribution < -0.4 is 5.46 Å². The van der Waals surface area contributed by atoms with Crippen LogP contribution in [0.15, 0.2) is 18.2 Å². The lowest BCUT2D eigenvalue weighted by atomic mass is 9.76. The van der Waals surface area contributed by atoms with Gasteiger partial charge in [-0.25, -0.2) is 4.39 Å². The molecular formula is C15H20BFO3. The van der Waals surface area contributed by atoms with Gasteiger partial charge in [0.05, 0.1) is 24.4 Å². The van der Waals surface area contributed by atoms with E-state index in [4.69, 9.17) is 14.0 Å². The van der Waals surface area contributed by atoms with E-state index >= 15 is 0 Å². The zero-order valence-corrected chi connectivity index (χ0v) is 12.4. The van der Waals surface area contributed by atoms with Crippen molar-refractivity contribution in [2.24, 2.45) is 0 Å². The van der Waals surface area contributed by atoms with Crippen LogP contribution in [0.4, 0.5) is 4.39 Å². The van der Waals surface area contributed by atoms with Gasteiger partial charge < -0.3 is 14.0 Å². The summed E-state index contributed by atoms with van der Waals surface area (Å²) in [6.07, 6.45) is 0. The molecule has 0 N–H and O–H groups in total. The lowest BCUT2D eigenvalue weighted by molar-refractivity contribution is 0.00578. The molecule has 0 radical (unpaired) electrons. The summed E-state index contributed by atoms with van der Waals surface area (Å²) in [7, 11) is -0.652. The standard InChI is InChI=1S/C15H20BFO3/c1-14(2)15(3,4)20-16(19-14)12-7-10(5-6-13(12)17)11-8-18-9-11/h5-7,11H,8-9H2,1-4H3. The van der Waals surface area contributed by atoms with Crippen molar-refractivity contribution < 1.29 is 18.4 Å². The largest absolute Gasteiger partial charge is 0.497 e. The van der Waals surface area contributed by atoms with Gasteiger partial charge in [0.25, 0.3) is 0 Å². The smallest absolute Gasteiger partial charge is 0.399 e. The fraction of sp³-hybridized carbons (Fsp3) is 0.600. The molecule has 108 valence electrons. The van der Waals surface area contributed by atoms with E-state index in [1.165, 1.54) is 6.07 Å². The Balaban J connectivity index is 1.90. The van der Waals surface area contributed by atoms with Gasteiger partial charge in [-0.3, -0.25) is 0 Å². The Bertz CT molecular complexity index is 510. The molecule has 0 spiro atoms. The van der Waals surface area contributed by atoms with Gasteiger partial charge in [0.15, 0.2) is 0 Å². The average Bonchev–Trinajstić information content (AvgIpc) is 2.48. The lowest BCUT2D eigenvalue weighted by Gasteiger charge is -2.32. The molecule has 0 aliphatic carbocycles. The lowest BCUT2D eigenvalue weighted by Crippen LogP contribution is -2.41.